The van der Waals surface area contributed by atoms with Crippen LogP contribution in [0.15, 0.2) is 65.2 Å². The minimum absolute atomic E-state index is 0.125. The van der Waals surface area contributed by atoms with Gasteiger partial charge in [0.1, 0.15) is 17.6 Å². The summed E-state index contributed by atoms with van der Waals surface area (Å²) in [6, 6.07) is 12.1. The Hall–Kier alpha value is -5.36. The fourth-order valence-corrected chi connectivity index (χ4v) is 7.05. The van der Waals surface area contributed by atoms with Gasteiger partial charge < -0.3 is 40.5 Å². The highest BCUT2D eigenvalue weighted by atomic mass is 35.5. The number of amides is 1. The molecule has 0 saturated carbocycles. The molecule has 18 heteroatoms. The number of hydrogen-bond donors (Lipinski definition) is 6. The van der Waals surface area contributed by atoms with Gasteiger partial charge in [0.25, 0.3) is 5.56 Å². The van der Waals surface area contributed by atoms with Crippen molar-refractivity contribution >= 4 is 53.3 Å². The lowest BCUT2D eigenvalue weighted by atomic mass is 9.98. The van der Waals surface area contributed by atoms with Crippen LogP contribution in [0.25, 0.3) is 45.4 Å². The molecule has 2 aromatic carbocycles. The molecule has 0 bridgehead atoms. The van der Waals surface area contributed by atoms with Gasteiger partial charge in [0.05, 0.1) is 33.6 Å². The molecular weight excluding hydrogens is 779 g/mol. The fraction of sp³-hybridized carbons (Fsp3) is 0.333. The van der Waals surface area contributed by atoms with E-state index in [1.165, 1.54) is 27.8 Å². The van der Waals surface area contributed by atoms with Gasteiger partial charge in [0.15, 0.2) is 0 Å². The van der Waals surface area contributed by atoms with Crippen LogP contribution in [0, 0.1) is 13.8 Å². The van der Waals surface area contributed by atoms with Crippen LogP contribution in [-0.2, 0) is 20.9 Å². The van der Waals surface area contributed by atoms with Crippen molar-refractivity contribution in [3.63, 3.8) is 0 Å². The number of halogens is 2. The van der Waals surface area contributed by atoms with Crippen LogP contribution in [-0.4, -0.2) is 112 Å². The van der Waals surface area contributed by atoms with Crippen LogP contribution >= 0.6 is 23.2 Å². The maximum Gasteiger partial charge on any atom is 0.323 e. The number of carboxylic acids is 2. The van der Waals surface area contributed by atoms with E-state index in [4.69, 9.17) is 28.3 Å². The normalized spacial score (nSPS) is 14.0. The van der Waals surface area contributed by atoms with Gasteiger partial charge in [-0.1, -0.05) is 59.6 Å². The number of carboxylic acid groups (broad SMARTS) is 2. The van der Waals surface area contributed by atoms with Gasteiger partial charge in [-0.05, 0) is 46.8 Å². The molecule has 4 atom stereocenters. The zero-order chi connectivity index (χ0) is 41.7. The Labute approximate surface area is 337 Å². The largest absolute Gasteiger partial charge is 0.480 e. The van der Waals surface area contributed by atoms with Crippen molar-refractivity contribution in [2.75, 3.05) is 19.6 Å². The third-order valence-electron chi connectivity index (χ3n) is 9.50. The average molecular weight is 824 g/mol. The zero-order valence-electron chi connectivity index (χ0n) is 31.8. The number of aromatic nitrogens is 5. The molecule has 5 rings (SSSR count). The summed E-state index contributed by atoms with van der Waals surface area (Å²) in [4.78, 5) is 49.7. The second-order valence-corrected chi connectivity index (χ2v) is 14.4. The summed E-state index contributed by atoms with van der Waals surface area (Å²) >= 11 is 14.1. The van der Waals surface area contributed by atoms with Crippen molar-refractivity contribution in [2.45, 2.75) is 65.5 Å². The molecule has 302 valence electrons. The number of benzene rings is 2. The minimum atomic E-state index is -1.20. The monoisotopic (exact) mass is 822 g/mol. The van der Waals surface area contributed by atoms with Crippen molar-refractivity contribution in [1.29, 1.82) is 0 Å². The van der Waals surface area contributed by atoms with Gasteiger partial charge in [0, 0.05) is 77.9 Å². The third kappa shape index (κ3) is 9.44. The van der Waals surface area contributed by atoms with Crippen LogP contribution in [0.2, 0.25) is 10.0 Å². The molecule has 0 fully saturated rings. The summed E-state index contributed by atoms with van der Waals surface area (Å²) < 4.78 is 4.60. The molecule has 0 saturated heterocycles. The molecule has 0 aliphatic carbocycles. The minimum Gasteiger partial charge on any atom is -0.480 e. The molecule has 0 aliphatic heterocycles. The van der Waals surface area contributed by atoms with Crippen LogP contribution in [0.1, 0.15) is 32.2 Å². The SMILES string of the molecule is C/C(=C/n1nc(-c2cccc(-c3cccc(-c4cc5c(=O)n(CCNC(C(=O)O)C(C)O)c(C)cn5n4)c3Cl)c2Cl)cc1C)N(C=O)CCNC(C(=O)O)C(C)O. The van der Waals surface area contributed by atoms with Crippen molar-refractivity contribution in [3.8, 4) is 33.6 Å². The second kappa shape index (κ2) is 18.3. The Bertz CT molecular complexity index is 2390. The zero-order valence-corrected chi connectivity index (χ0v) is 33.4. The van der Waals surface area contributed by atoms with E-state index < -0.39 is 36.2 Å². The number of aliphatic hydroxyl groups excluding tert-OH is 2. The fourth-order valence-electron chi connectivity index (χ4n) is 6.40. The number of nitrogens with one attached hydrogen (secondary N) is 2. The molecule has 3 aromatic heterocycles. The number of aliphatic hydroxyl groups is 2. The topological polar surface area (TPSA) is 217 Å². The molecular formula is C39H44Cl2N8O8. The van der Waals surface area contributed by atoms with Crippen LogP contribution in [0.4, 0.5) is 0 Å². The Morgan fingerprint density at radius 3 is 1.89 bits per heavy atom. The molecule has 0 spiro atoms. The lowest BCUT2D eigenvalue weighted by molar-refractivity contribution is -0.143. The predicted octanol–water partition coefficient (Wildman–Crippen LogP) is 3.74. The van der Waals surface area contributed by atoms with Gasteiger partial charge in [-0.15, -0.1) is 0 Å². The van der Waals surface area contributed by atoms with E-state index >= 15 is 0 Å². The second-order valence-electron chi connectivity index (χ2n) is 13.6. The lowest BCUT2D eigenvalue weighted by Gasteiger charge is -2.21. The summed E-state index contributed by atoms with van der Waals surface area (Å²) in [7, 11) is 0. The summed E-state index contributed by atoms with van der Waals surface area (Å²) in [5.41, 5.74) is 5.27. The number of allylic oxidation sites excluding steroid dienone is 1. The van der Waals surface area contributed by atoms with Crippen LogP contribution in [0.5, 0.6) is 0 Å². The number of aliphatic carboxylic acids is 2. The van der Waals surface area contributed by atoms with Crippen molar-refractivity contribution in [3.05, 3.63) is 92.2 Å². The number of carbonyl (C=O) groups is 3. The molecule has 6 N–H and O–H groups in total. The molecule has 5 aromatic rings. The maximum absolute atomic E-state index is 13.6. The molecule has 0 aliphatic rings. The van der Waals surface area contributed by atoms with E-state index in [0.717, 1.165) is 5.69 Å². The van der Waals surface area contributed by atoms with Crippen LogP contribution < -0.4 is 16.2 Å². The summed E-state index contributed by atoms with van der Waals surface area (Å²) in [5.74, 6) is -2.39. The van der Waals surface area contributed by atoms with E-state index in [1.807, 2.05) is 43.3 Å². The summed E-state index contributed by atoms with van der Waals surface area (Å²) in [6.07, 6.45) is 1.75. The average Bonchev–Trinajstić information content (AvgIpc) is 3.73. The van der Waals surface area contributed by atoms with E-state index in [9.17, 15) is 39.6 Å². The first-order chi connectivity index (χ1) is 27.0. The van der Waals surface area contributed by atoms with Gasteiger partial charge in [-0.25, -0.2) is 9.20 Å². The Morgan fingerprint density at radius 1 is 0.842 bits per heavy atom. The summed E-state index contributed by atoms with van der Waals surface area (Å²) in [5, 5.41) is 53.8. The molecule has 4 unspecified atom stereocenters. The van der Waals surface area contributed by atoms with E-state index in [2.05, 4.69) is 15.7 Å². The van der Waals surface area contributed by atoms with E-state index in [0.29, 0.717) is 61.5 Å². The third-order valence-corrected chi connectivity index (χ3v) is 10.3. The lowest BCUT2D eigenvalue weighted by Crippen LogP contribution is -2.47. The van der Waals surface area contributed by atoms with Gasteiger partial charge in [-0.2, -0.15) is 10.2 Å². The highest BCUT2D eigenvalue weighted by molar-refractivity contribution is 6.39. The maximum atomic E-state index is 13.6. The van der Waals surface area contributed by atoms with Crippen molar-refractivity contribution in [1.82, 2.24) is 39.5 Å². The molecule has 57 heavy (non-hydrogen) atoms. The van der Waals surface area contributed by atoms with Crippen LogP contribution in [0.3, 0.4) is 0 Å². The smallest absolute Gasteiger partial charge is 0.323 e. The standard InChI is InChI=1S/C39H44Cl2N8O8/c1-21-16-30(44-48(21)18-22(2)46(20-50)14-12-42-35(24(4)51)38(54)55)28-10-6-8-26(33(28)40)27-9-7-11-29(34(27)41)31-17-32-37(53)47(23(3)19-49(32)45-31)15-13-43-36(25(5)52)39(56)57/h6-11,16-20,24-25,35-36,42-43,51-52H,12-15H2,1-5H3,(H,54,55)(H,56,57)/b22-18-. The van der Waals surface area contributed by atoms with Crippen molar-refractivity contribution < 1.29 is 34.8 Å². The highest BCUT2D eigenvalue weighted by Crippen LogP contribution is 2.42. The van der Waals surface area contributed by atoms with E-state index in [1.54, 1.807) is 43.1 Å². The first-order valence-electron chi connectivity index (χ1n) is 18.0. The number of fused-ring (bicyclic) bond motifs is 1. The predicted molar refractivity (Wildman–Crippen MR) is 216 cm³/mol. The first-order valence-corrected chi connectivity index (χ1v) is 18.7. The number of hydrogen-bond acceptors (Lipinski definition) is 10. The number of aryl methyl sites for hydroxylation is 2. The number of nitrogens with zero attached hydrogens (tertiary/aromatic N) is 6. The van der Waals surface area contributed by atoms with Gasteiger partial charge in [0.2, 0.25) is 6.41 Å². The molecule has 1 amide bonds. The molecule has 16 nitrogen and oxygen atoms in total. The van der Waals surface area contributed by atoms with E-state index in [-0.39, 0.29) is 37.3 Å². The first kappa shape index (κ1) is 42.8. The summed E-state index contributed by atoms with van der Waals surface area (Å²) in [6.45, 7) is 8.63. The quantitative estimate of drug-likeness (QED) is 0.0698. The van der Waals surface area contributed by atoms with Gasteiger partial charge >= 0.3 is 11.9 Å². The molecule has 0 radical (unpaired) electrons. The molecule has 3 heterocycles. The highest BCUT2D eigenvalue weighted by Gasteiger charge is 2.24. The Balaban J connectivity index is 1.40. The van der Waals surface area contributed by atoms with Crippen molar-refractivity contribution in [2.24, 2.45) is 0 Å². The number of rotatable bonds is 18. The number of carbonyl (C=O) groups excluding carboxylic acids is 1. The Kier molecular flexibility index (Phi) is 13.7. The van der Waals surface area contributed by atoms with Gasteiger partial charge in [-0.3, -0.25) is 19.2 Å². The Morgan fingerprint density at radius 2 is 1.37 bits per heavy atom.